The zero-order valence-electron chi connectivity index (χ0n) is 39.0. The van der Waals surface area contributed by atoms with Crippen LogP contribution in [-0.2, 0) is 26.5 Å². The fourth-order valence-electron chi connectivity index (χ4n) is 9.02. The van der Waals surface area contributed by atoms with Crippen LogP contribution in [0.1, 0.15) is 81.4 Å². The minimum atomic E-state index is -1.33. The van der Waals surface area contributed by atoms with E-state index in [1.54, 1.807) is 0 Å². The summed E-state index contributed by atoms with van der Waals surface area (Å²) in [4.78, 5) is 13.7. The first kappa shape index (κ1) is 48.1. The van der Waals surface area contributed by atoms with Gasteiger partial charge >= 0.3 is 0 Å². The van der Waals surface area contributed by atoms with Crippen molar-refractivity contribution in [1.29, 1.82) is 0 Å². The van der Waals surface area contributed by atoms with Crippen molar-refractivity contribution in [2.75, 3.05) is 0 Å². The Bertz CT molecular complexity index is 2980. The number of fused-ring (bicyclic) bond motifs is 3. The number of benzene rings is 5. The molecule has 4 aromatic heterocycles. The van der Waals surface area contributed by atoms with Gasteiger partial charge < -0.3 is 4.42 Å². The van der Waals surface area contributed by atoms with Crippen LogP contribution in [0.3, 0.4) is 0 Å². The van der Waals surface area contributed by atoms with Gasteiger partial charge in [0.1, 0.15) is 5.58 Å². The smallest absolute Gasteiger partial charge is 0.171 e. The van der Waals surface area contributed by atoms with E-state index in [0.29, 0.717) is 23.0 Å². The van der Waals surface area contributed by atoms with Gasteiger partial charge in [-0.25, -0.2) is 4.39 Å². The van der Waals surface area contributed by atoms with Crippen LogP contribution in [0.4, 0.5) is 4.39 Å². The summed E-state index contributed by atoms with van der Waals surface area (Å²) in [6.07, 6.45) is 13.4. The molecular formula is C59H60FIrN3OSi. The second-order valence-electron chi connectivity index (χ2n) is 18.5. The summed E-state index contributed by atoms with van der Waals surface area (Å²) < 4.78 is 21.1. The number of rotatable bonds is 8. The molecule has 337 valence electrons. The molecule has 0 saturated heterocycles. The molecule has 7 heteroatoms. The van der Waals surface area contributed by atoms with E-state index in [2.05, 4.69) is 123 Å². The third-order valence-electron chi connectivity index (χ3n) is 12.6. The van der Waals surface area contributed by atoms with E-state index >= 15 is 0 Å². The number of hydrogen-bond acceptors (Lipinski definition) is 4. The molecule has 1 saturated carbocycles. The molecule has 4 nitrogen and oxygen atoms in total. The molecule has 1 fully saturated rings. The summed E-state index contributed by atoms with van der Waals surface area (Å²) in [6.45, 7) is 13.9. The molecule has 0 atom stereocenters. The van der Waals surface area contributed by atoms with E-state index in [0.717, 1.165) is 51.0 Å². The normalized spacial score (nSPS) is 12.8. The van der Waals surface area contributed by atoms with E-state index < -0.39 is 8.07 Å². The molecule has 0 unspecified atom stereocenters. The quantitative estimate of drug-likeness (QED) is 0.142. The number of para-hydroxylation sites is 1. The number of aromatic nitrogens is 3. The second-order valence-corrected chi connectivity index (χ2v) is 23.5. The van der Waals surface area contributed by atoms with Gasteiger partial charge in [0.2, 0.25) is 0 Å². The molecule has 0 aliphatic heterocycles. The van der Waals surface area contributed by atoms with Crippen molar-refractivity contribution in [3.8, 4) is 44.9 Å². The number of pyridine rings is 3. The Morgan fingerprint density at radius 2 is 1.21 bits per heavy atom. The van der Waals surface area contributed by atoms with Crippen molar-refractivity contribution in [1.82, 2.24) is 15.0 Å². The molecule has 5 aromatic carbocycles. The summed E-state index contributed by atoms with van der Waals surface area (Å²) in [5.74, 6) is 0.806. The predicted molar refractivity (Wildman–Crippen MR) is 274 cm³/mol. The van der Waals surface area contributed by atoms with Gasteiger partial charge in [0.25, 0.3) is 0 Å². The molecule has 1 aliphatic carbocycles. The average Bonchev–Trinajstić information content (AvgIpc) is 3.76. The molecule has 0 spiro atoms. The van der Waals surface area contributed by atoms with Crippen LogP contribution in [-0.4, -0.2) is 23.0 Å². The van der Waals surface area contributed by atoms with Gasteiger partial charge in [-0.2, -0.15) is 0 Å². The van der Waals surface area contributed by atoms with Gasteiger partial charge in [0.15, 0.2) is 11.4 Å². The molecule has 0 bridgehead atoms. The third-order valence-corrected chi connectivity index (χ3v) is 14.6. The monoisotopic (exact) mass is 1070 g/mol. The summed E-state index contributed by atoms with van der Waals surface area (Å²) in [6, 6.07) is 51.0. The zero-order valence-corrected chi connectivity index (χ0v) is 42.4. The zero-order chi connectivity index (χ0) is 45.3. The number of hydrogen-bond donors (Lipinski definition) is 0. The molecule has 1 radical (unpaired) electrons. The van der Waals surface area contributed by atoms with Crippen molar-refractivity contribution < 1.29 is 28.9 Å². The Labute approximate surface area is 405 Å². The largest absolute Gasteiger partial charge is 0.452 e. The minimum absolute atomic E-state index is 0. The Morgan fingerprint density at radius 3 is 1.83 bits per heavy atom. The molecule has 0 amide bonds. The maximum absolute atomic E-state index is 14.9. The molecule has 10 rings (SSSR count). The van der Waals surface area contributed by atoms with Gasteiger partial charge in [0, 0.05) is 66.2 Å². The summed E-state index contributed by atoms with van der Waals surface area (Å²) in [5.41, 5.74) is 13.5. The topological polar surface area (TPSA) is 51.8 Å². The van der Waals surface area contributed by atoms with Crippen molar-refractivity contribution >= 4 is 35.2 Å². The Hall–Kier alpha value is -5.85. The molecule has 9 aromatic rings. The van der Waals surface area contributed by atoms with Gasteiger partial charge in [0.05, 0.1) is 25.2 Å². The van der Waals surface area contributed by atoms with Gasteiger partial charge in [-0.1, -0.05) is 169 Å². The van der Waals surface area contributed by atoms with Crippen molar-refractivity contribution in [2.24, 2.45) is 0 Å². The molecule has 4 heterocycles. The fraction of sp³-hybridized carbons (Fsp3) is 0.237. The average molecular weight is 1070 g/mol. The maximum atomic E-state index is 14.9. The van der Waals surface area contributed by atoms with E-state index in [9.17, 15) is 4.39 Å². The minimum Gasteiger partial charge on any atom is -0.452 e. The van der Waals surface area contributed by atoms with E-state index in [1.807, 2.05) is 91.3 Å². The maximum Gasteiger partial charge on any atom is 0.171 e. The SMILES string of the molecule is CC(C)c1cc(-c2ccccc2)ncc1[Si](C)(C)C.CCc1ccnc(-c2ccccc2)c1.Fc1ccc(-c2ccccc2)c2c1oc1c(-c3cc(C4CCCCC4)ccn3)cccc12.[Ir]. The second kappa shape index (κ2) is 22.1. The Morgan fingerprint density at radius 1 is 0.606 bits per heavy atom. The predicted octanol–water partition coefficient (Wildman–Crippen LogP) is 16.2. The number of aryl methyl sites for hydroxylation is 1. The number of furan rings is 1. The Balaban J connectivity index is 0.000000162. The summed E-state index contributed by atoms with van der Waals surface area (Å²) in [5, 5.41) is 3.22. The van der Waals surface area contributed by atoms with E-state index in [4.69, 9.17) is 9.40 Å². The summed E-state index contributed by atoms with van der Waals surface area (Å²) >= 11 is 0. The van der Waals surface area contributed by atoms with Crippen LogP contribution in [0.15, 0.2) is 175 Å². The van der Waals surface area contributed by atoms with Crippen LogP contribution in [0, 0.1) is 5.82 Å². The van der Waals surface area contributed by atoms with E-state index in [1.165, 1.54) is 71.2 Å². The third kappa shape index (κ3) is 11.2. The first-order chi connectivity index (χ1) is 31.6. The number of nitrogens with zero attached hydrogens (tertiary/aromatic N) is 3. The first-order valence-corrected chi connectivity index (χ1v) is 26.8. The van der Waals surface area contributed by atoms with Crippen molar-refractivity contribution in [2.45, 2.75) is 90.8 Å². The van der Waals surface area contributed by atoms with E-state index in [-0.39, 0.29) is 25.9 Å². The van der Waals surface area contributed by atoms with Gasteiger partial charge in [-0.15, -0.1) is 0 Å². The molecule has 1 aliphatic rings. The van der Waals surface area contributed by atoms with Crippen LogP contribution >= 0.6 is 0 Å². The fourth-order valence-corrected chi connectivity index (χ4v) is 10.7. The number of halogens is 1. The standard InChI is InChI=1S/C29H24FNO.C17H23NSi.C13H13N.Ir/c30-25-15-14-22(20-10-5-2-6-11-20)27-24-13-7-12-23(28(24)32-29(25)27)26-18-21(16-17-31-26)19-8-3-1-4-9-19;1-13(2)15-11-16(14-9-7-6-8-10-14)18-12-17(15)19(3,4)5;1-2-11-8-9-14-13(10-11)12-6-4-3-5-7-12;/h2,5-7,10-19H,1,3-4,8-9H2;6-13H,1-5H3;3-10H,2H2,1H3;. The van der Waals surface area contributed by atoms with Gasteiger partial charge in [-0.3, -0.25) is 15.0 Å². The first-order valence-electron chi connectivity index (χ1n) is 23.3. The summed E-state index contributed by atoms with van der Waals surface area (Å²) in [7, 11) is -1.33. The molecule has 66 heavy (non-hydrogen) atoms. The Kier molecular flexibility index (Phi) is 16.1. The van der Waals surface area contributed by atoms with Crippen LogP contribution in [0.25, 0.3) is 66.8 Å². The van der Waals surface area contributed by atoms with Crippen LogP contribution in [0.2, 0.25) is 19.6 Å². The van der Waals surface area contributed by atoms with Crippen LogP contribution < -0.4 is 5.19 Å². The molecular weight excluding hydrogens is 1010 g/mol. The van der Waals surface area contributed by atoms with Crippen molar-refractivity contribution in [3.63, 3.8) is 0 Å². The van der Waals surface area contributed by atoms with Crippen LogP contribution in [0.5, 0.6) is 0 Å². The molecule has 0 N–H and O–H groups in total. The van der Waals surface area contributed by atoms with Gasteiger partial charge in [-0.05, 0) is 107 Å². The van der Waals surface area contributed by atoms with Crippen molar-refractivity contribution in [3.05, 3.63) is 193 Å².